The van der Waals surface area contributed by atoms with Crippen molar-refractivity contribution in [3.05, 3.63) is 11.5 Å². The maximum Gasteiger partial charge on any atom is 0.489 e. The summed E-state index contributed by atoms with van der Waals surface area (Å²) >= 11 is 0. The van der Waals surface area contributed by atoms with Crippen LogP contribution in [0.3, 0.4) is 0 Å². The van der Waals surface area contributed by atoms with Gasteiger partial charge in [0.25, 0.3) is 0 Å². The van der Waals surface area contributed by atoms with Crippen molar-refractivity contribution in [3.8, 4) is 0 Å². The third-order valence-corrected chi connectivity index (χ3v) is 3.65. The molecule has 1 saturated heterocycles. The standard InChI is InChI=1S/C13H25BO2/c1-7-8-9-10-11(2)14-15-12(3,4)13(5,6)16-14/h10H,7-9H2,1-6H3/b11-10+. The molecule has 1 aliphatic rings. The van der Waals surface area contributed by atoms with Crippen LogP contribution in [0.25, 0.3) is 0 Å². The zero-order chi connectivity index (χ0) is 12.4. The van der Waals surface area contributed by atoms with Crippen LogP contribution in [0.2, 0.25) is 0 Å². The fraction of sp³-hybridized carbons (Fsp3) is 0.846. The van der Waals surface area contributed by atoms with E-state index in [1.807, 2.05) is 0 Å². The first-order valence-electron chi connectivity index (χ1n) is 6.32. The van der Waals surface area contributed by atoms with Gasteiger partial charge in [-0.25, -0.2) is 0 Å². The molecule has 3 heteroatoms. The zero-order valence-electron chi connectivity index (χ0n) is 11.6. The van der Waals surface area contributed by atoms with Crippen LogP contribution in [0.5, 0.6) is 0 Å². The van der Waals surface area contributed by atoms with Crippen molar-refractivity contribution < 1.29 is 9.31 Å². The highest BCUT2D eigenvalue weighted by Crippen LogP contribution is 2.38. The Labute approximate surface area is 101 Å². The SMILES string of the molecule is CCCC/C=C(\C)B1OC(C)(C)C(C)(C)O1. The second-order valence-electron chi connectivity index (χ2n) is 5.68. The summed E-state index contributed by atoms with van der Waals surface area (Å²) in [6, 6.07) is 0. The summed E-state index contributed by atoms with van der Waals surface area (Å²) in [5.74, 6) is 0. The molecule has 0 aromatic heterocycles. The van der Waals surface area contributed by atoms with Gasteiger partial charge in [-0.1, -0.05) is 25.8 Å². The van der Waals surface area contributed by atoms with E-state index in [4.69, 9.17) is 9.31 Å². The first-order valence-corrected chi connectivity index (χ1v) is 6.32. The summed E-state index contributed by atoms with van der Waals surface area (Å²) in [6.45, 7) is 12.7. The molecule has 0 amide bonds. The molecule has 0 aromatic carbocycles. The van der Waals surface area contributed by atoms with Gasteiger partial charge >= 0.3 is 7.12 Å². The summed E-state index contributed by atoms with van der Waals surface area (Å²) in [7, 11) is -0.165. The van der Waals surface area contributed by atoms with E-state index < -0.39 is 0 Å². The second kappa shape index (κ2) is 4.93. The topological polar surface area (TPSA) is 18.5 Å². The lowest BCUT2D eigenvalue weighted by atomic mass is 9.79. The highest BCUT2D eigenvalue weighted by atomic mass is 16.7. The predicted octanol–water partition coefficient (Wildman–Crippen LogP) is 3.75. The van der Waals surface area contributed by atoms with E-state index in [0.29, 0.717) is 0 Å². The van der Waals surface area contributed by atoms with E-state index in [2.05, 4.69) is 47.6 Å². The van der Waals surface area contributed by atoms with E-state index in [0.717, 1.165) is 6.42 Å². The second-order valence-corrected chi connectivity index (χ2v) is 5.68. The van der Waals surface area contributed by atoms with Gasteiger partial charge in [-0.2, -0.15) is 0 Å². The third-order valence-electron chi connectivity index (χ3n) is 3.65. The Morgan fingerprint density at radius 1 is 1.12 bits per heavy atom. The summed E-state index contributed by atoms with van der Waals surface area (Å²) in [6.07, 6.45) is 5.82. The van der Waals surface area contributed by atoms with Crippen molar-refractivity contribution in [3.63, 3.8) is 0 Å². The summed E-state index contributed by atoms with van der Waals surface area (Å²) in [5, 5.41) is 0. The predicted molar refractivity (Wildman–Crippen MR) is 69.4 cm³/mol. The van der Waals surface area contributed by atoms with Gasteiger partial charge in [0.05, 0.1) is 11.2 Å². The first kappa shape index (κ1) is 13.8. The normalized spacial score (nSPS) is 23.9. The lowest BCUT2D eigenvalue weighted by molar-refractivity contribution is 0.00578. The fourth-order valence-electron chi connectivity index (χ4n) is 1.66. The van der Waals surface area contributed by atoms with Crippen LogP contribution in [-0.4, -0.2) is 18.3 Å². The lowest BCUT2D eigenvalue weighted by Crippen LogP contribution is -2.41. The zero-order valence-corrected chi connectivity index (χ0v) is 11.6. The quantitative estimate of drug-likeness (QED) is 0.534. The molecular weight excluding hydrogens is 199 g/mol. The molecule has 1 rings (SSSR count). The average molecular weight is 224 g/mol. The Morgan fingerprint density at radius 2 is 1.62 bits per heavy atom. The van der Waals surface area contributed by atoms with E-state index in [-0.39, 0.29) is 18.3 Å². The Hall–Kier alpha value is -0.275. The molecule has 0 spiro atoms. The van der Waals surface area contributed by atoms with Gasteiger partial charge < -0.3 is 9.31 Å². The number of hydrogen-bond acceptors (Lipinski definition) is 2. The van der Waals surface area contributed by atoms with Crippen LogP contribution >= 0.6 is 0 Å². The van der Waals surface area contributed by atoms with E-state index in [9.17, 15) is 0 Å². The molecule has 2 nitrogen and oxygen atoms in total. The number of rotatable bonds is 4. The van der Waals surface area contributed by atoms with Gasteiger partial charge in [-0.3, -0.25) is 0 Å². The molecule has 1 fully saturated rings. The molecule has 0 saturated carbocycles. The molecule has 0 N–H and O–H groups in total. The minimum atomic E-state index is -0.225. The fourth-order valence-corrected chi connectivity index (χ4v) is 1.66. The Morgan fingerprint density at radius 3 is 2.06 bits per heavy atom. The van der Waals surface area contributed by atoms with Gasteiger partial charge in [0, 0.05) is 0 Å². The van der Waals surface area contributed by atoms with Crippen LogP contribution in [-0.2, 0) is 9.31 Å². The van der Waals surface area contributed by atoms with Crippen molar-refractivity contribution in [2.45, 2.75) is 72.0 Å². The van der Waals surface area contributed by atoms with Crippen molar-refractivity contribution in [1.29, 1.82) is 0 Å². The molecule has 1 aliphatic heterocycles. The minimum absolute atomic E-state index is 0.165. The molecule has 0 atom stereocenters. The van der Waals surface area contributed by atoms with E-state index in [1.165, 1.54) is 18.3 Å². The summed E-state index contributed by atoms with van der Waals surface area (Å²) in [4.78, 5) is 0. The molecule has 0 radical (unpaired) electrons. The third kappa shape index (κ3) is 2.89. The van der Waals surface area contributed by atoms with Crippen molar-refractivity contribution >= 4 is 7.12 Å². The molecule has 0 unspecified atom stereocenters. The Bertz CT molecular complexity index is 253. The van der Waals surface area contributed by atoms with Gasteiger partial charge in [0.15, 0.2) is 0 Å². The molecule has 16 heavy (non-hydrogen) atoms. The highest BCUT2D eigenvalue weighted by Gasteiger charge is 2.51. The molecule has 0 bridgehead atoms. The largest absolute Gasteiger partial charge is 0.489 e. The summed E-state index contributed by atoms with van der Waals surface area (Å²) in [5.41, 5.74) is 0.752. The Kier molecular flexibility index (Phi) is 4.25. The van der Waals surface area contributed by atoms with E-state index in [1.54, 1.807) is 0 Å². The summed E-state index contributed by atoms with van der Waals surface area (Å²) < 4.78 is 11.9. The Balaban J connectivity index is 2.62. The molecule has 0 aliphatic carbocycles. The minimum Gasteiger partial charge on any atom is -0.400 e. The van der Waals surface area contributed by atoms with Crippen LogP contribution < -0.4 is 0 Å². The first-order chi connectivity index (χ1) is 7.30. The average Bonchev–Trinajstić information content (AvgIpc) is 2.36. The van der Waals surface area contributed by atoms with Crippen molar-refractivity contribution in [2.24, 2.45) is 0 Å². The highest BCUT2D eigenvalue weighted by molar-refractivity contribution is 6.54. The van der Waals surface area contributed by atoms with Gasteiger partial charge in [0.1, 0.15) is 0 Å². The van der Waals surface area contributed by atoms with Gasteiger partial charge in [-0.05, 0) is 46.5 Å². The van der Waals surface area contributed by atoms with Crippen molar-refractivity contribution in [2.75, 3.05) is 0 Å². The number of unbranched alkanes of at least 4 members (excludes halogenated alkanes) is 2. The van der Waals surface area contributed by atoms with Crippen LogP contribution in [0.4, 0.5) is 0 Å². The van der Waals surface area contributed by atoms with Crippen LogP contribution in [0.15, 0.2) is 11.5 Å². The smallest absolute Gasteiger partial charge is 0.400 e. The number of allylic oxidation sites excluding steroid dienone is 2. The molecular formula is C13H25BO2. The molecule has 92 valence electrons. The molecule has 1 heterocycles. The van der Waals surface area contributed by atoms with Gasteiger partial charge in [-0.15, -0.1) is 0 Å². The maximum absolute atomic E-state index is 5.97. The van der Waals surface area contributed by atoms with Crippen molar-refractivity contribution in [1.82, 2.24) is 0 Å². The number of hydrogen-bond donors (Lipinski definition) is 0. The van der Waals surface area contributed by atoms with Crippen LogP contribution in [0.1, 0.15) is 60.8 Å². The maximum atomic E-state index is 5.97. The lowest BCUT2D eigenvalue weighted by Gasteiger charge is -2.32. The van der Waals surface area contributed by atoms with Crippen LogP contribution in [0, 0.1) is 0 Å². The van der Waals surface area contributed by atoms with Gasteiger partial charge in [0.2, 0.25) is 0 Å². The monoisotopic (exact) mass is 224 g/mol. The van der Waals surface area contributed by atoms with E-state index >= 15 is 0 Å². The molecule has 0 aromatic rings.